The van der Waals surface area contributed by atoms with Crippen molar-refractivity contribution in [2.45, 2.75) is 6.92 Å². The molecule has 0 aliphatic heterocycles. The van der Waals surface area contributed by atoms with Gasteiger partial charge in [0.1, 0.15) is 5.76 Å². The Hall–Kier alpha value is -2.86. The lowest BCUT2D eigenvalue weighted by Gasteiger charge is -2.06. The number of benzene rings is 2. The summed E-state index contributed by atoms with van der Waals surface area (Å²) in [4.78, 5) is 23.3. The average molecular weight is 400 g/mol. The predicted molar refractivity (Wildman–Crippen MR) is 97.9 cm³/mol. The van der Waals surface area contributed by atoms with Gasteiger partial charge in [0.25, 0.3) is 5.91 Å². The van der Waals surface area contributed by atoms with Crippen molar-refractivity contribution in [3.8, 4) is 11.3 Å². The van der Waals surface area contributed by atoms with Crippen LogP contribution in [0.5, 0.6) is 0 Å². The molecule has 0 fully saturated rings. The van der Waals surface area contributed by atoms with Crippen LogP contribution in [0.3, 0.4) is 0 Å². The van der Waals surface area contributed by atoms with Gasteiger partial charge < -0.3 is 14.8 Å². The van der Waals surface area contributed by atoms with Crippen LogP contribution in [0.4, 0.5) is 5.69 Å². The van der Waals surface area contributed by atoms with Gasteiger partial charge in [0.2, 0.25) is 5.76 Å². The summed E-state index contributed by atoms with van der Waals surface area (Å²) in [5.41, 5.74) is 2.63. The van der Waals surface area contributed by atoms with E-state index in [2.05, 4.69) is 21.2 Å². The Morgan fingerprint density at radius 1 is 1.04 bits per heavy atom. The highest BCUT2D eigenvalue weighted by Crippen LogP contribution is 2.27. The van der Waals surface area contributed by atoms with Gasteiger partial charge in [-0.3, -0.25) is 4.79 Å². The van der Waals surface area contributed by atoms with Crippen LogP contribution < -0.4 is 5.32 Å². The zero-order valence-corrected chi connectivity index (χ0v) is 14.8. The molecule has 1 aromatic heterocycles. The van der Waals surface area contributed by atoms with E-state index in [1.807, 2.05) is 12.1 Å². The molecule has 0 unspecified atom stereocenters. The molecule has 0 aliphatic carbocycles. The molecular formula is C19H14BrNO4. The van der Waals surface area contributed by atoms with Gasteiger partial charge in [0, 0.05) is 21.3 Å². The third-order valence-electron chi connectivity index (χ3n) is 3.64. The van der Waals surface area contributed by atoms with Crippen molar-refractivity contribution in [1.29, 1.82) is 0 Å². The Morgan fingerprint density at radius 2 is 1.68 bits per heavy atom. The van der Waals surface area contributed by atoms with Crippen molar-refractivity contribution >= 4 is 33.5 Å². The first-order valence-electron chi connectivity index (χ1n) is 7.45. The number of carboxylic acid groups (broad SMARTS) is 1. The number of rotatable bonds is 4. The number of carboxylic acids is 1. The largest absolute Gasteiger partial charge is 0.475 e. The molecular weight excluding hydrogens is 386 g/mol. The second-order valence-electron chi connectivity index (χ2n) is 5.47. The van der Waals surface area contributed by atoms with Crippen LogP contribution >= 0.6 is 15.9 Å². The molecule has 2 aromatic carbocycles. The van der Waals surface area contributed by atoms with Gasteiger partial charge >= 0.3 is 5.97 Å². The fourth-order valence-corrected chi connectivity index (χ4v) is 2.65. The molecule has 0 saturated heterocycles. The van der Waals surface area contributed by atoms with Crippen LogP contribution in [0.15, 0.2) is 63.5 Å². The van der Waals surface area contributed by atoms with Crippen molar-refractivity contribution in [2.24, 2.45) is 0 Å². The van der Waals surface area contributed by atoms with Gasteiger partial charge in [0.15, 0.2) is 0 Å². The summed E-state index contributed by atoms with van der Waals surface area (Å²) in [6, 6.07) is 15.6. The molecule has 0 bridgehead atoms. The van der Waals surface area contributed by atoms with Gasteiger partial charge in [-0.25, -0.2) is 4.79 Å². The number of anilines is 1. The molecule has 126 valence electrons. The third-order valence-corrected chi connectivity index (χ3v) is 4.17. The Balaban J connectivity index is 1.79. The van der Waals surface area contributed by atoms with E-state index >= 15 is 0 Å². The van der Waals surface area contributed by atoms with E-state index in [9.17, 15) is 9.59 Å². The normalized spacial score (nSPS) is 10.5. The number of aromatic carboxylic acids is 1. The molecule has 1 amide bonds. The molecule has 3 rings (SSSR count). The quantitative estimate of drug-likeness (QED) is 0.648. The predicted octanol–water partition coefficient (Wildman–Crippen LogP) is 4.97. The molecule has 0 spiro atoms. The first-order valence-corrected chi connectivity index (χ1v) is 8.24. The molecule has 5 nitrogen and oxygen atoms in total. The van der Waals surface area contributed by atoms with E-state index < -0.39 is 5.97 Å². The maximum Gasteiger partial charge on any atom is 0.371 e. The monoisotopic (exact) mass is 399 g/mol. The van der Waals surface area contributed by atoms with Crippen molar-refractivity contribution in [3.63, 3.8) is 0 Å². The number of carbonyl (C=O) groups is 2. The number of carbonyl (C=O) groups excluding carboxylic acids is 1. The number of amides is 1. The van der Waals surface area contributed by atoms with Crippen LogP contribution in [0.1, 0.15) is 26.5 Å². The van der Waals surface area contributed by atoms with Gasteiger partial charge in [-0.05, 0) is 55.0 Å². The highest BCUT2D eigenvalue weighted by atomic mass is 79.9. The molecule has 0 saturated carbocycles. The summed E-state index contributed by atoms with van der Waals surface area (Å²) in [6.45, 7) is 1.78. The lowest BCUT2D eigenvalue weighted by Crippen LogP contribution is -2.11. The van der Waals surface area contributed by atoms with Gasteiger partial charge in [-0.2, -0.15) is 0 Å². The maximum absolute atomic E-state index is 12.3. The topological polar surface area (TPSA) is 79.5 Å². The summed E-state index contributed by atoms with van der Waals surface area (Å²) >= 11 is 3.34. The minimum Gasteiger partial charge on any atom is -0.475 e. The average Bonchev–Trinajstić information content (AvgIpc) is 2.99. The van der Waals surface area contributed by atoms with Crippen molar-refractivity contribution in [3.05, 3.63) is 76.0 Å². The summed E-state index contributed by atoms with van der Waals surface area (Å²) < 4.78 is 6.30. The Labute approximate surface area is 152 Å². The lowest BCUT2D eigenvalue weighted by atomic mass is 10.1. The standard InChI is InChI=1S/C19H14BrNO4/c1-11-10-16(19(23)24)25-17(11)12-2-4-13(5-3-12)18(22)21-15-8-6-14(20)7-9-15/h2-10H,1H3,(H,21,22)(H,23,24). The fourth-order valence-electron chi connectivity index (χ4n) is 2.38. The van der Waals surface area contributed by atoms with E-state index in [0.717, 1.165) is 10.0 Å². The van der Waals surface area contributed by atoms with Crippen LogP contribution in [-0.4, -0.2) is 17.0 Å². The first kappa shape index (κ1) is 17.0. The number of aryl methyl sites for hydroxylation is 1. The number of nitrogens with one attached hydrogen (secondary N) is 1. The van der Waals surface area contributed by atoms with E-state index in [4.69, 9.17) is 9.52 Å². The Kier molecular flexibility index (Phi) is 4.72. The molecule has 6 heteroatoms. The van der Waals surface area contributed by atoms with E-state index in [0.29, 0.717) is 22.6 Å². The second kappa shape index (κ2) is 6.94. The maximum atomic E-state index is 12.3. The minimum absolute atomic E-state index is 0.107. The molecule has 1 heterocycles. The van der Waals surface area contributed by atoms with Crippen LogP contribution in [-0.2, 0) is 0 Å². The SMILES string of the molecule is Cc1cc(C(=O)O)oc1-c1ccc(C(=O)Nc2ccc(Br)cc2)cc1. The molecule has 0 atom stereocenters. The minimum atomic E-state index is -1.11. The number of furan rings is 1. The van der Waals surface area contributed by atoms with Gasteiger partial charge in [-0.1, -0.05) is 28.1 Å². The van der Waals surface area contributed by atoms with Gasteiger partial charge in [-0.15, -0.1) is 0 Å². The Bertz CT molecular complexity index is 927. The van der Waals surface area contributed by atoms with Crippen molar-refractivity contribution in [1.82, 2.24) is 0 Å². The first-order chi connectivity index (χ1) is 11.9. The van der Waals surface area contributed by atoms with Crippen molar-refractivity contribution < 1.29 is 19.1 Å². The number of halogens is 1. The van der Waals surface area contributed by atoms with Crippen LogP contribution in [0.25, 0.3) is 11.3 Å². The highest BCUT2D eigenvalue weighted by molar-refractivity contribution is 9.10. The smallest absolute Gasteiger partial charge is 0.371 e. The van der Waals surface area contributed by atoms with E-state index in [-0.39, 0.29) is 11.7 Å². The van der Waals surface area contributed by atoms with Crippen LogP contribution in [0, 0.1) is 6.92 Å². The summed E-state index contributed by atoms with van der Waals surface area (Å²) in [7, 11) is 0. The molecule has 0 aliphatic rings. The van der Waals surface area contributed by atoms with E-state index in [1.54, 1.807) is 43.3 Å². The number of hydrogen-bond acceptors (Lipinski definition) is 3. The fraction of sp³-hybridized carbons (Fsp3) is 0.0526. The third kappa shape index (κ3) is 3.80. The Morgan fingerprint density at radius 3 is 2.24 bits per heavy atom. The number of hydrogen-bond donors (Lipinski definition) is 2. The summed E-state index contributed by atoms with van der Waals surface area (Å²) in [6.07, 6.45) is 0. The molecule has 2 N–H and O–H groups in total. The molecule has 25 heavy (non-hydrogen) atoms. The summed E-state index contributed by atoms with van der Waals surface area (Å²) in [5.74, 6) is -0.960. The van der Waals surface area contributed by atoms with E-state index in [1.165, 1.54) is 6.07 Å². The zero-order valence-electron chi connectivity index (χ0n) is 13.2. The lowest BCUT2D eigenvalue weighted by molar-refractivity contribution is 0.0663. The van der Waals surface area contributed by atoms with Crippen molar-refractivity contribution in [2.75, 3.05) is 5.32 Å². The molecule has 3 aromatic rings. The summed E-state index contributed by atoms with van der Waals surface area (Å²) in [5, 5.41) is 11.8. The zero-order chi connectivity index (χ0) is 18.0. The highest BCUT2D eigenvalue weighted by Gasteiger charge is 2.15. The van der Waals surface area contributed by atoms with Gasteiger partial charge in [0.05, 0.1) is 0 Å². The second-order valence-corrected chi connectivity index (χ2v) is 6.38. The molecule has 0 radical (unpaired) electrons. The van der Waals surface area contributed by atoms with Crippen LogP contribution in [0.2, 0.25) is 0 Å².